The molecule has 0 atom stereocenters. The zero-order chi connectivity index (χ0) is 12.9. The molecule has 0 saturated carbocycles. The van der Waals surface area contributed by atoms with E-state index in [0.717, 1.165) is 16.5 Å². The Hall–Kier alpha value is -2.43. The van der Waals surface area contributed by atoms with Gasteiger partial charge < -0.3 is 10.1 Å². The summed E-state index contributed by atoms with van der Waals surface area (Å²) >= 11 is 0. The van der Waals surface area contributed by atoms with E-state index < -0.39 is 0 Å². The summed E-state index contributed by atoms with van der Waals surface area (Å²) in [7, 11) is 0. The van der Waals surface area contributed by atoms with Crippen molar-refractivity contribution in [1.29, 1.82) is 0 Å². The van der Waals surface area contributed by atoms with Gasteiger partial charge in [-0.3, -0.25) is 4.79 Å². The number of nitrogens with zero attached hydrogens (tertiary/aromatic N) is 2. The molecule has 0 amide bonds. The van der Waals surface area contributed by atoms with Crippen LogP contribution in [0.5, 0.6) is 0 Å². The second kappa shape index (κ2) is 3.53. The summed E-state index contributed by atoms with van der Waals surface area (Å²) in [5, 5.41) is 19.6. The van der Waals surface area contributed by atoms with E-state index in [2.05, 4.69) is 15.2 Å². The van der Waals surface area contributed by atoms with E-state index >= 15 is 0 Å². The van der Waals surface area contributed by atoms with E-state index in [4.69, 9.17) is 0 Å². The second-order valence-electron chi connectivity index (χ2n) is 4.38. The Labute approximate surface area is 102 Å². The van der Waals surface area contributed by atoms with Crippen LogP contribution in [0.3, 0.4) is 0 Å². The highest BCUT2D eigenvalue weighted by atomic mass is 16.3. The molecule has 0 fully saturated rings. The van der Waals surface area contributed by atoms with Gasteiger partial charge in [0, 0.05) is 16.3 Å². The number of hydrogen-bond donors (Lipinski definition) is 2. The van der Waals surface area contributed by atoms with Crippen LogP contribution in [0, 0.1) is 6.92 Å². The molecule has 0 aliphatic carbocycles. The molecule has 3 rings (SSSR count). The molecule has 0 aliphatic rings. The van der Waals surface area contributed by atoms with E-state index in [0.29, 0.717) is 16.1 Å². The van der Waals surface area contributed by atoms with E-state index in [1.165, 1.54) is 6.20 Å². The first-order chi connectivity index (χ1) is 8.58. The van der Waals surface area contributed by atoms with Crippen molar-refractivity contribution >= 4 is 27.4 Å². The molecule has 0 bridgehead atoms. The van der Waals surface area contributed by atoms with Crippen LogP contribution < -0.4 is 10.9 Å². The molecular formula is C13H11N3O2. The quantitative estimate of drug-likeness (QED) is 0.619. The van der Waals surface area contributed by atoms with Crippen LogP contribution in [0.1, 0.15) is 12.5 Å². The largest absolute Gasteiger partial charge is 0.510 e. The Bertz CT molecular complexity index is 877. The Morgan fingerprint density at radius 3 is 2.83 bits per heavy atom. The third-order valence-corrected chi connectivity index (χ3v) is 3.01. The number of aliphatic hydroxyl groups excluding tert-OH is 1. The molecule has 0 radical (unpaired) electrons. The fraction of sp³-hybridized carbons (Fsp3) is 0.154. The molecule has 2 N–H and O–H groups in total. The van der Waals surface area contributed by atoms with Gasteiger partial charge in [0.1, 0.15) is 5.76 Å². The number of rotatable bonds is 0. The minimum Gasteiger partial charge on any atom is -0.510 e. The highest BCUT2D eigenvalue weighted by Gasteiger charge is 2.10. The maximum atomic E-state index is 11.9. The minimum absolute atomic E-state index is 0.158. The van der Waals surface area contributed by atoms with Crippen LogP contribution in [0.4, 0.5) is 0 Å². The van der Waals surface area contributed by atoms with Crippen molar-refractivity contribution in [2.24, 2.45) is 0 Å². The van der Waals surface area contributed by atoms with Crippen LogP contribution >= 0.6 is 0 Å². The van der Waals surface area contributed by atoms with E-state index in [9.17, 15) is 9.90 Å². The molecular weight excluding hydrogens is 230 g/mol. The monoisotopic (exact) mass is 241 g/mol. The first kappa shape index (κ1) is 10.7. The average Bonchev–Trinajstić information content (AvgIpc) is 2.58. The SMILES string of the molecule is C/C(O)=c1/[nH]c2cc(C)cc3c(=O)nncc1c23. The van der Waals surface area contributed by atoms with Crippen molar-refractivity contribution < 1.29 is 5.11 Å². The van der Waals surface area contributed by atoms with Gasteiger partial charge in [-0.15, -0.1) is 5.10 Å². The second-order valence-corrected chi connectivity index (χ2v) is 4.38. The Kier molecular flexibility index (Phi) is 2.10. The van der Waals surface area contributed by atoms with Crippen LogP contribution in [-0.4, -0.2) is 20.3 Å². The maximum Gasteiger partial charge on any atom is 0.296 e. The van der Waals surface area contributed by atoms with Crippen molar-refractivity contribution in [3.05, 3.63) is 39.6 Å². The van der Waals surface area contributed by atoms with Crippen molar-refractivity contribution in [2.75, 3.05) is 0 Å². The number of aromatic nitrogens is 3. The van der Waals surface area contributed by atoms with Gasteiger partial charge in [0.05, 0.1) is 16.9 Å². The minimum atomic E-state index is -0.361. The summed E-state index contributed by atoms with van der Waals surface area (Å²) in [5.41, 5.74) is 1.40. The molecule has 18 heavy (non-hydrogen) atoms. The zero-order valence-corrected chi connectivity index (χ0v) is 9.98. The first-order valence-electron chi connectivity index (χ1n) is 5.55. The lowest BCUT2D eigenvalue weighted by atomic mass is 10.1. The van der Waals surface area contributed by atoms with E-state index in [-0.39, 0.29) is 11.3 Å². The smallest absolute Gasteiger partial charge is 0.296 e. The molecule has 5 heteroatoms. The number of nitrogens with one attached hydrogen (secondary N) is 1. The predicted molar refractivity (Wildman–Crippen MR) is 69.3 cm³/mol. The van der Waals surface area contributed by atoms with Crippen LogP contribution in [-0.2, 0) is 0 Å². The summed E-state index contributed by atoms with van der Waals surface area (Å²) in [6.45, 7) is 3.50. The lowest BCUT2D eigenvalue weighted by Gasteiger charge is -1.94. The molecule has 0 saturated heterocycles. The van der Waals surface area contributed by atoms with Gasteiger partial charge in [-0.2, -0.15) is 5.10 Å². The number of aromatic amines is 1. The van der Waals surface area contributed by atoms with Gasteiger partial charge in [-0.25, -0.2) is 0 Å². The Morgan fingerprint density at radius 2 is 2.11 bits per heavy atom. The van der Waals surface area contributed by atoms with Gasteiger partial charge in [0.2, 0.25) is 0 Å². The van der Waals surface area contributed by atoms with E-state index in [1.807, 2.05) is 13.0 Å². The predicted octanol–water partition coefficient (Wildman–Crippen LogP) is 1.18. The number of aliphatic hydroxyl groups is 1. The fourth-order valence-corrected chi connectivity index (χ4v) is 2.28. The van der Waals surface area contributed by atoms with Crippen LogP contribution in [0.15, 0.2) is 23.1 Å². The molecule has 2 heterocycles. The number of hydrogen-bond acceptors (Lipinski definition) is 4. The number of H-pyrrole nitrogens is 1. The lowest BCUT2D eigenvalue weighted by molar-refractivity contribution is 0.497. The average molecular weight is 241 g/mol. The summed E-state index contributed by atoms with van der Waals surface area (Å²) in [4.78, 5) is 15.0. The molecule has 3 aromatic rings. The summed E-state index contributed by atoms with van der Waals surface area (Å²) in [6, 6.07) is 3.72. The number of aryl methyl sites for hydroxylation is 1. The van der Waals surface area contributed by atoms with Crippen molar-refractivity contribution in [3.8, 4) is 0 Å². The van der Waals surface area contributed by atoms with Crippen molar-refractivity contribution in [1.82, 2.24) is 15.2 Å². The lowest BCUT2D eigenvalue weighted by Crippen LogP contribution is -2.05. The molecule has 0 spiro atoms. The number of benzene rings is 1. The van der Waals surface area contributed by atoms with Gasteiger partial charge in [-0.1, -0.05) is 0 Å². The zero-order valence-electron chi connectivity index (χ0n) is 9.98. The third-order valence-electron chi connectivity index (χ3n) is 3.01. The third kappa shape index (κ3) is 1.37. The van der Waals surface area contributed by atoms with Crippen LogP contribution in [0.25, 0.3) is 27.4 Å². The van der Waals surface area contributed by atoms with Gasteiger partial charge in [0.25, 0.3) is 5.56 Å². The summed E-state index contributed by atoms with van der Waals surface area (Å²) < 4.78 is 0. The van der Waals surface area contributed by atoms with Crippen molar-refractivity contribution in [2.45, 2.75) is 13.8 Å². The highest BCUT2D eigenvalue weighted by molar-refractivity contribution is 6.08. The standard InChI is InChI=1S/C13H11N3O2/c1-6-3-8-11-9(5-14-16-13(8)18)12(7(2)17)15-10(11)4-6/h3-5,15,17H,1-2H3/b12-7-. The molecule has 90 valence electrons. The molecule has 5 nitrogen and oxygen atoms in total. The van der Waals surface area contributed by atoms with E-state index in [1.54, 1.807) is 13.0 Å². The first-order valence-corrected chi connectivity index (χ1v) is 5.55. The topological polar surface area (TPSA) is 78.9 Å². The maximum absolute atomic E-state index is 11.9. The van der Waals surface area contributed by atoms with Gasteiger partial charge in [-0.05, 0) is 31.5 Å². The van der Waals surface area contributed by atoms with Gasteiger partial charge in [0.15, 0.2) is 0 Å². The van der Waals surface area contributed by atoms with Gasteiger partial charge >= 0.3 is 0 Å². The Balaban J connectivity index is 2.81. The highest BCUT2D eigenvalue weighted by Crippen LogP contribution is 2.21. The summed E-state index contributed by atoms with van der Waals surface area (Å²) in [6.07, 6.45) is 1.50. The normalized spacial score (nSPS) is 13.2. The van der Waals surface area contributed by atoms with Crippen molar-refractivity contribution in [3.63, 3.8) is 0 Å². The van der Waals surface area contributed by atoms with Crippen LogP contribution in [0.2, 0.25) is 0 Å². The molecule has 0 aliphatic heterocycles. The summed E-state index contributed by atoms with van der Waals surface area (Å²) in [5.74, 6) is 0.158. The Morgan fingerprint density at radius 1 is 1.33 bits per heavy atom. The molecule has 0 unspecified atom stereocenters. The molecule has 1 aromatic carbocycles. The fourth-order valence-electron chi connectivity index (χ4n) is 2.28. The molecule has 2 aromatic heterocycles.